The predicted molar refractivity (Wildman–Crippen MR) is 62.3 cm³/mol. The minimum Gasteiger partial charge on any atom is -0.268 e. The summed E-state index contributed by atoms with van der Waals surface area (Å²) >= 11 is 11.5. The number of halogens is 2. The maximum absolute atomic E-state index is 5.80. The molecule has 78 valence electrons. The molecule has 2 aromatic rings. The van der Waals surface area contributed by atoms with Gasteiger partial charge < -0.3 is 0 Å². The van der Waals surface area contributed by atoms with Gasteiger partial charge in [0.05, 0.1) is 18.6 Å². The van der Waals surface area contributed by atoms with Crippen LogP contribution in [0.4, 0.5) is 0 Å². The van der Waals surface area contributed by atoms with Gasteiger partial charge in [-0.3, -0.25) is 4.68 Å². The van der Waals surface area contributed by atoms with Crippen LogP contribution >= 0.6 is 23.2 Å². The Hall–Kier alpha value is -0.990. The molecule has 15 heavy (non-hydrogen) atoms. The van der Waals surface area contributed by atoms with Gasteiger partial charge in [0.25, 0.3) is 0 Å². The molecule has 0 saturated carbocycles. The zero-order chi connectivity index (χ0) is 10.7. The van der Waals surface area contributed by atoms with Gasteiger partial charge in [-0.05, 0) is 17.7 Å². The molecule has 1 heterocycles. The molecule has 1 aromatic carbocycles. The van der Waals surface area contributed by atoms with Crippen molar-refractivity contribution in [2.45, 2.75) is 12.4 Å². The van der Waals surface area contributed by atoms with Crippen LogP contribution in [-0.4, -0.2) is 9.78 Å². The summed E-state index contributed by atoms with van der Waals surface area (Å²) in [6, 6.07) is 7.74. The lowest BCUT2D eigenvalue weighted by atomic mass is 10.2. The van der Waals surface area contributed by atoms with E-state index in [4.69, 9.17) is 23.2 Å². The molecular weight excluding hydrogens is 231 g/mol. The van der Waals surface area contributed by atoms with Crippen LogP contribution in [-0.2, 0) is 12.4 Å². The maximum atomic E-state index is 5.80. The zero-order valence-corrected chi connectivity index (χ0v) is 9.54. The van der Waals surface area contributed by atoms with Crippen LogP contribution < -0.4 is 0 Å². The van der Waals surface area contributed by atoms with Crippen molar-refractivity contribution < 1.29 is 0 Å². The van der Waals surface area contributed by atoms with E-state index in [0.717, 1.165) is 17.1 Å². The van der Waals surface area contributed by atoms with Crippen molar-refractivity contribution in [2.75, 3.05) is 0 Å². The lowest BCUT2D eigenvalue weighted by molar-refractivity contribution is 0.686. The molecule has 0 aliphatic carbocycles. The third-order valence-corrected chi connectivity index (χ3v) is 2.66. The molecule has 0 amide bonds. The molecule has 0 aliphatic heterocycles. The van der Waals surface area contributed by atoms with Crippen LogP contribution in [0.1, 0.15) is 11.1 Å². The molecule has 0 bridgehead atoms. The smallest absolute Gasteiger partial charge is 0.0659 e. The van der Waals surface area contributed by atoms with Crippen molar-refractivity contribution >= 4 is 23.2 Å². The molecule has 0 aliphatic rings. The fraction of sp³-hybridized carbons (Fsp3) is 0.182. The van der Waals surface area contributed by atoms with E-state index in [2.05, 4.69) is 5.10 Å². The standard InChI is InChI=1S/C11H10Cl2N2/c12-5-10-6-14-15(8-10)7-9-1-3-11(13)4-2-9/h1-4,6,8H,5,7H2. The zero-order valence-electron chi connectivity index (χ0n) is 8.03. The molecule has 0 unspecified atom stereocenters. The summed E-state index contributed by atoms with van der Waals surface area (Å²) in [4.78, 5) is 0. The number of hydrogen-bond acceptors (Lipinski definition) is 1. The Balaban J connectivity index is 2.11. The van der Waals surface area contributed by atoms with Crippen molar-refractivity contribution in [1.29, 1.82) is 0 Å². The first-order chi connectivity index (χ1) is 7.28. The predicted octanol–water partition coefficient (Wildman–Crippen LogP) is 3.32. The van der Waals surface area contributed by atoms with Crippen molar-refractivity contribution in [1.82, 2.24) is 9.78 Å². The van der Waals surface area contributed by atoms with Gasteiger partial charge >= 0.3 is 0 Å². The molecule has 0 spiro atoms. The Kier molecular flexibility index (Phi) is 3.29. The van der Waals surface area contributed by atoms with Gasteiger partial charge in [-0.15, -0.1) is 11.6 Å². The van der Waals surface area contributed by atoms with E-state index in [1.807, 2.05) is 35.1 Å². The third-order valence-electron chi connectivity index (χ3n) is 2.10. The largest absolute Gasteiger partial charge is 0.268 e. The summed E-state index contributed by atoms with van der Waals surface area (Å²) in [6.07, 6.45) is 3.73. The van der Waals surface area contributed by atoms with Gasteiger partial charge in [0, 0.05) is 16.8 Å². The van der Waals surface area contributed by atoms with Crippen molar-refractivity contribution in [2.24, 2.45) is 0 Å². The highest BCUT2D eigenvalue weighted by atomic mass is 35.5. The van der Waals surface area contributed by atoms with Crippen LogP contribution in [0.15, 0.2) is 36.7 Å². The summed E-state index contributed by atoms with van der Waals surface area (Å²) in [7, 11) is 0. The number of hydrogen-bond donors (Lipinski definition) is 0. The first-order valence-corrected chi connectivity index (χ1v) is 5.51. The Labute approximate surface area is 98.4 Å². The normalized spacial score (nSPS) is 10.5. The SMILES string of the molecule is ClCc1cnn(Cc2ccc(Cl)cc2)c1. The van der Waals surface area contributed by atoms with Crippen molar-refractivity contribution in [3.8, 4) is 0 Å². The highest BCUT2D eigenvalue weighted by Gasteiger charge is 1.98. The van der Waals surface area contributed by atoms with Gasteiger partial charge in [-0.2, -0.15) is 5.10 Å². The number of rotatable bonds is 3. The minimum atomic E-state index is 0.501. The lowest BCUT2D eigenvalue weighted by Gasteiger charge is -2.01. The molecule has 0 fully saturated rings. The second-order valence-corrected chi connectivity index (χ2v) is 4.01. The maximum Gasteiger partial charge on any atom is 0.0659 e. The van der Waals surface area contributed by atoms with Crippen LogP contribution in [0.3, 0.4) is 0 Å². The monoisotopic (exact) mass is 240 g/mol. The second kappa shape index (κ2) is 4.69. The van der Waals surface area contributed by atoms with Crippen molar-refractivity contribution in [3.05, 3.63) is 52.8 Å². The quantitative estimate of drug-likeness (QED) is 0.753. The Morgan fingerprint density at radius 3 is 2.47 bits per heavy atom. The number of alkyl halides is 1. The summed E-state index contributed by atoms with van der Waals surface area (Å²) in [5.41, 5.74) is 2.20. The number of nitrogens with zero attached hydrogens (tertiary/aromatic N) is 2. The van der Waals surface area contributed by atoms with E-state index in [9.17, 15) is 0 Å². The van der Waals surface area contributed by atoms with E-state index in [0.29, 0.717) is 5.88 Å². The number of benzene rings is 1. The van der Waals surface area contributed by atoms with Crippen LogP contribution in [0, 0.1) is 0 Å². The van der Waals surface area contributed by atoms with Gasteiger partial charge in [0.1, 0.15) is 0 Å². The molecule has 0 N–H and O–H groups in total. The van der Waals surface area contributed by atoms with Gasteiger partial charge in [0.15, 0.2) is 0 Å². The molecule has 1 aromatic heterocycles. The van der Waals surface area contributed by atoms with Crippen LogP contribution in [0.25, 0.3) is 0 Å². The first-order valence-electron chi connectivity index (χ1n) is 4.59. The summed E-state index contributed by atoms with van der Waals surface area (Å²) in [5.74, 6) is 0.501. The Bertz CT molecular complexity index is 434. The Morgan fingerprint density at radius 2 is 1.87 bits per heavy atom. The van der Waals surface area contributed by atoms with Gasteiger partial charge in [0.2, 0.25) is 0 Å². The summed E-state index contributed by atoms with van der Waals surface area (Å²) < 4.78 is 1.86. The topological polar surface area (TPSA) is 17.8 Å². The van der Waals surface area contributed by atoms with Crippen LogP contribution in [0.2, 0.25) is 5.02 Å². The highest BCUT2D eigenvalue weighted by molar-refractivity contribution is 6.30. The molecular formula is C11H10Cl2N2. The molecule has 0 saturated heterocycles. The second-order valence-electron chi connectivity index (χ2n) is 3.31. The molecule has 2 nitrogen and oxygen atoms in total. The van der Waals surface area contributed by atoms with Crippen LogP contribution in [0.5, 0.6) is 0 Å². The molecule has 2 rings (SSSR count). The first kappa shape index (κ1) is 10.5. The third kappa shape index (κ3) is 2.74. The summed E-state index contributed by atoms with van der Waals surface area (Å²) in [6.45, 7) is 0.744. The highest BCUT2D eigenvalue weighted by Crippen LogP contribution is 2.11. The lowest BCUT2D eigenvalue weighted by Crippen LogP contribution is -1.99. The molecule has 0 atom stereocenters. The van der Waals surface area contributed by atoms with E-state index in [1.54, 1.807) is 6.20 Å². The number of aromatic nitrogens is 2. The van der Waals surface area contributed by atoms with E-state index >= 15 is 0 Å². The molecule has 0 radical (unpaired) electrons. The van der Waals surface area contributed by atoms with E-state index in [-0.39, 0.29) is 0 Å². The fourth-order valence-electron chi connectivity index (χ4n) is 1.34. The fourth-order valence-corrected chi connectivity index (χ4v) is 1.60. The minimum absolute atomic E-state index is 0.501. The molecule has 4 heteroatoms. The average Bonchev–Trinajstić information content (AvgIpc) is 2.69. The van der Waals surface area contributed by atoms with E-state index in [1.165, 1.54) is 5.56 Å². The summed E-state index contributed by atoms with van der Waals surface area (Å²) in [5, 5.41) is 4.95. The van der Waals surface area contributed by atoms with Gasteiger partial charge in [-0.1, -0.05) is 23.7 Å². The Morgan fingerprint density at radius 1 is 1.13 bits per heavy atom. The van der Waals surface area contributed by atoms with Gasteiger partial charge in [-0.25, -0.2) is 0 Å². The average molecular weight is 241 g/mol. The van der Waals surface area contributed by atoms with Crippen molar-refractivity contribution in [3.63, 3.8) is 0 Å². The van der Waals surface area contributed by atoms with E-state index < -0.39 is 0 Å².